The van der Waals surface area contributed by atoms with Crippen molar-refractivity contribution in [2.24, 2.45) is 11.7 Å². The Balaban J connectivity index is 1.42. The lowest BCUT2D eigenvalue weighted by Crippen LogP contribution is -2.19. The van der Waals surface area contributed by atoms with E-state index < -0.39 is 11.5 Å². The van der Waals surface area contributed by atoms with Gasteiger partial charge in [0.1, 0.15) is 10.6 Å². The third kappa shape index (κ3) is 3.96. The summed E-state index contributed by atoms with van der Waals surface area (Å²) in [6.07, 6.45) is 2.69. The summed E-state index contributed by atoms with van der Waals surface area (Å²) in [5, 5.41) is 4.20. The van der Waals surface area contributed by atoms with E-state index in [1.165, 1.54) is 11.3 Å². The molecule has 7 heteroatoms. The molecule has 1 aliphatic rings. The predicted octanol–water partition coefficient (Wildman–Crippen LogP) is 5.00. The molecule has 2 aromatic carbocycles. The first-order valence-corrected chi connectivity index (χ1v) is 11.6. The molecule has 6 nitrogen and oxygen atoms in total. The zero-order valence-electron chi connectivity index (χ0n) is 18.0. The molecule has 0 saturated carbocycles. The van der Waals surface area contributed by atoms with Crippen LogP contribution >= 0.6 is 11.3 Å². The first-order chi connectivity index (χ1) is 15.9. The van der Waals surface area contributed by atoms with Crippen LogP contribution in [0.1, 0.15) is 44.5 Å². The molecule has 1 aliphatic carbocycles. The van der Waals surface area contributed by atoms with Gasteiger partial charge in [-0.25, -0.2) is 4.79 Å². The first-order valence-electron chi connectivity index (χ1n) is 10.8. The first kappa shape index (κ1) is 21.2. The number of rotatable bonds is 4. The molecule has 0 bridgehead atoms. The molecule has 0 saturated heterocycles. The summed E-state index contributed by atoms with van der Waals surface area (Å²) in [5.74, 6) is -0.308. The van der Waals surface area contributed by atoms with Crippen LogP contribution in [-0.2, 0) is 12.8 Å². The lowest BCUT2D eigenvalue weighted by molar-refractivity contribution is 0.1000. The van der Waals surface area contributed by atoms with E-state index in [2.05, 4.69) is 12.2 Å². The second kappa shape index (κ2) is 8.33. The number of hydrogen-bond donors (Lipinski definition) is 2. The molecular formula is C26H22N2O4S. The standard InChI is InChI=1S/C26H22N2O4S/c1-14-6-11-18-21(12-14)33-25(22(18)23(27)29)28-24(30)16-9-7-15(8-10-16)19-13-17-4-2-3-5-20(17)32-26(19)31/h2-5,7-10,13-14H,6,11-12H2,1H3,(H2,27,29)(H,28,30). The minimum absolute atomic E-state index is 0.332. The van der Waals surface area contributed by atoms with E-state index in [0.29, 0.717) is 38.8 Å². The normalized spacial score (nSPS) is 15.2. The van der Waals surface area contributed by atoms with Gasteiger partial charge in [0.05, 0.1) is 11.1 Å². The van der Waals surface area contributed by atoms with Crippen LogP contribution in [0.4, 0.5) is 5.00 Å². The molecular weight excluding hydrogens is 436 g/mol. The average Bonchev–Trinajstić information content (AvgIpc) is 3.15. The summed E-state index contributed by atoms with van der Waals surface area (Å²) in [6, 6.07) is 15.8. The molecule has 0 aliphatic heterocycles. The lowest BCUT2D eigenvalue weighted by Gasteiger charge is -2.18. The molecule has 0 radical (unpaired) electrons. The number of benzene rings is 2. The molecule has 1 atom stereocenters. The molecule has 0 fully saturated rings. The van der Waals surface area contributed by atoms with Crippen molar-refractivity contribution in [3.63, 3.8) is 0 Å². The van der Waals surface area contributed by atoms with Gasteiger partial charge in [0.25, 0.3) is 11.8 Å². The maximum Gasteiger partial charge on any atom is 0.344 e. The van der Waals surface area contributed by atoms with Crippen molar-refractivity contribution in [3.05, 3.63) is 86.6 Å². The van der Waals surface area contributed by atoms with Gasteiger partial charge in [-0.15, -0.1) is 11.3 Å². The summed E-state index contributed by atoms with van der Waals surface area (Å²) in [7, 11) is 0. The molecule has 3 N–H and O–H groups in total. The monoisotopic (exact) mass is 458 g/mol. The summed E-state index contributed by atoms with van der Waals surface area (Å²) in [4.78, 5) is 38.6. The lowest BCUT2D eigenvalue weighted by atomic mass is 9.88. The van der Waals surface area contributed by atoms with Crippen LogP contribution in [0.2, 0.25) is 0 Å². The molecule has 4 aromatic rings. The highest BCUT2D eigenvalue weighted by atomic mass is 32.1. The zero-order valence-corrected chi connectivity index (χ0v) is 18.8. The number of nitrogens with one attached hydrogen (secondary N) is 1. The highest BCUT2D eigenvalue weighted by molar-refractivity contribution is 7.17. The van der Waals surface area contributed by atoms with Crippen molar-refractivity contribution in [1.82, 2.24) is 0 Å². The van der Waals surface area contributed by atoms with E-state index in [4.69, 9.17) is 10.2 Å². The van der Waals surface area contributed by atoms with Crippen LogP contribution in [0, 0.1) is 5.92 Å². The Labute approximate surface area is 194 Å². The number of para-hydroxylation sites is 1. The fourth-order valence-corrected chi connectivity index (χ4v) is 5.75. The molecule has 2 amide bonds. The Morgan fingerprint density at radius 3 is 2.64 bits per heavy atom. The molecule has 1 unspecified atom stereocenters. The summed E-state index contributed by atoms with van der Waals surface area (Å²) >= 11 is 1.43. The van der Waals surface area contributed by atoms with Crippen LogP contribution < -0.4 is 16.7 Å². The SMILES string of the molecule is CC1CCc2c(sc(NC(=O)c3ccc(-c4cc5ccccc5oc4=O)cc3)c2C(N)=O)C1. The van der Waals surface area contributed by atoms with Gasteiger partial charge in [-0.1, -0.05) is 37.3 Å². The maximum absolute atomic E-state index is 12.9. The smallest absolute Gasteiger partial charge is 0.344 e. The number of carbonyl (C=O) groups is 2. The summed E-state index contributed by atoms with van der Waals surface area (Å²) in [6.45, 7) is 2.18. The van der Waals surface area contributed by atoms with E-state index >= 15 is 0 Å². The number of nitrogens with two attached hydrogens (primary N) is 1. The van der Waals surface area contributed by atoms with Crippen LogP contribution in [0.15, 0.2) is 63.8 Å². The maximum atomic E-state index is 12.9. The number of carbonyl (C=O) groups excluding carboxylic acids is 2. The average molecular weight is 459 g/mol. The summed E-state index contributed by atoms with van der Waals surface area (Å²) < 4.78 is 5.41. The van der Waals surface area contributed by atoms with Gasteiger partial charge in [-0.05, 0) is 60.6 Å². The van der Waals surface area contributed by atoms with Crippen molar-refractivity contribution in [2.75, 3.05) is 5.32 Å². The van der Waals surface area contributed by atoms with Gasteiger partial charge in [-0.2, -0.15) is 0 Å². The third-order valence-corrected chi connectivity index (χ3v) is 7.25. The minimum Gasteiger partial charge on any atom is -0.422 e. The molecule has 2 aromatic heterocycles. The Morgan fingerprint density at radius 1 is 1.12 bits per heavy atom. The number of anilines is 1. The Kier molecular flexibility index (Phi) is 5.34. The Bertz CT molecular complexity index is 1450. The highest BCUT2D eigenvalue weighted by Gasteiger charge is 2.27. The van der Waals surface area contributed by atoms with Gasteiger partial charge < -0.3 is 15.5 Å². The predicted molar refractivity (Wildman–Crippen MR) is 130 cm³/mol. The Hall–Kier alpha value is -3.71. The quantitative estimate of drug-likeness (QED) is 0.420. The minimum atomic E-state index is -0.518. The van der Waals surface area contributed by atoms with Gasteiger partial charge in [-0.3, -0.25) is 9.59 Å². The van der Waals surface area contributed by atoms with Gasteiger partial charge >= 0.3 is 5.63 Å². The second-order valence-electron chi connectivity index (χ2n) is 8.44. The van der Waals surface area contributed by atoms with Gasteiger partial charge in [0, 0.05) is 15.8 Å². The van der Waals surface area contributed by atoms with E-state index in [-0.39, 0.29) is 5.91 Å². The Morgan fingerprint density at radius 2 is 1.88 bits per heavy atom. The van der Waals surface area contributed by atoms with E-state index in [1.807, 2.05) is 18.2 Å². The molecule has 5 rings (SSSR count). The zero-order chi connectivity index (χ0) is 23.1. The number of primary amides is 1. The molecule has 2 heterocycles. The summed E-state index contributed by atoms with van der Waals surface area (Å²) in [5.41, 5.74) is 8.64. The second-order valence-corrected chi connectivity index (χ2v) is 9.54. The van der Waals surface area contributed by atoms with Crippen molar-refractivity contribution in [1.29, 1.82) is 0 Å². The van der Waals surface area contributed by atoms with Crippen LogP contribution in [0.3, 0.4) is 0 Å². The number of thiophene rings is 1. The fourth-order valence-electron chi connectivity index (χ4n) is 4.34. The third-order valence-electron chi connectivity index (χ3n) is 6.08. The van der Waals surface area contributed by atoms with E-state index in [1.54, 1.807) is 36.4 Å². The number of fused-ring (bicyclic) bond motifs is 2. The van der Waals surface area contributed by atoms with Gasteiger partial charge in [0.2, 0.25) is 0 Å². The highest BCUT2D eigenvalue weighted by Crippen LogP contribution is 2.39. The van der Waals surface area contributed by atoms with Crippen molar-refractivity contribution in [2.45, 2.75) is 26.2 Å². The van der Waals surface area contributed by atoms with Crippen LogP contribution in [-0.4, -0.2) is 11.8 Å². The molecule has 33 heavy (non-hydrogen) atoms. The van der Waals surface area contributed by atoms with Crippen LogP contribution in [0.25, 0.3) is 22.1 Å². The number of amides is 2. The van der Waals surface area contributed by atoms with E-state index in [9.17, 15) is 14.4 Å². The van der Waals surface area contributed by atoms with Gasteiger partial charge in [0.15, 0.2) is 0 Å². The van der Waals surface area contributed by atoms with E-state index in [0.717, 1.165) is 35.1 Å². The van der Waals surface area contributed by atoms with Crippen molar-refractivity contribution < 1.29 is 14.0 Å². The molecule has 166 valence electrons. The largest absolute Gasteiger partial charge is 0.422 e. The topological polar surface area (TPSA) is 102 Å². The van der Waals surface area contributed by atoms with Crippen molar-refractivity contribution >= 4 is 39.1 Å². The number of hydrogen-bond acceptors (Lipinski definition) is 5. The van der Waals surface area contributed by atoms with Crippen molar-refractivity contribution in [3.8, 4) is 11.1 Å². The molecule has 0 spiro atoms. The fraction of sp³-hybridized carbons (Fsp3) is 0.192. The van der Waals surface area contributed by atoms with Crippen LogP contribution in [0.5, 0.6) is 0 Å².